The zero-order valence-corrected chi connectivity index (χ0v) is 17.0. The van der Waals surface area contributed by atoms with Crippen LogP contribution in [0.25, 0.3) is 43.1 Å². The molecule has 0 radical (unpaired) electrons. The summed E-state index contributed by atoms with van der Waals surface area (Å²) in [4.78, 5) is 0. The highest BCUT2D eigenvalue weighted by Crippen LogP contribution is 2.32. The van der Waals surface area contributed by atoms with Gasteiger partial charge in [-0.15, -0.1) is 0 Å². The summed E-state index contributed by atoms with van der Waals surface area (Å²) in [6.45, 7) is 2.31. The van der Waals surface area contributed by atoms with Crippen molar-refractivity contribution >= 4 is 43.1 Å². The molecule has 30 heavy (non-hydrogen) atoms. The third kappa shape index (κ3) is 2.84. The summed E-state index contributed by atoms with van der Waals surface area (Å²) in [6, 6.07) is 40.2. The zero-order chi connectivity index (χ0) is 20.1. The fourth-order valence-corrected chi connectivity index (χ4v) is 4.65. The van der Waals surface area contributed by atoms with Crippen LogP contribution in [-0.4, -0.2) is 0 Å². The fraction of sp³-hybridized carbons (Fsp3) is 0.0667. The molecule has 6 aromatic carbocycles. The molecule has 0 atom stereocenters. The van der Waals surface area contributed by atoms with E-state index in [-0.39, 0.29) is 0 Å². The summed E-state index contributed by atoms with van der Waals surface area (Å²) < 4.78 is 0. The average molecular weight is 383 g/mol. The minimum atomic E-state index is 0.344. The van der Waals surface area contributed by atoms with Crippen molar-refractivity contribution in [2.24, 2.45) is 0 Å². The van der Waals surface area contributed by atoms with E-state index in [1.807, 2.05) is 0 Å². The lowest BCUT2D eigenvalue weighted by atomic mass is 9.89. The molecule has 0 fully saturated rings. The van der Waals surface area contributed by atoms with Gasteiger partial charge in [-0.05, 0) is 78.5 Å². The third-order valence-electron chi connectivity index (χ3n) is 6.46. The van der Waals surface area contributed by atoms with Crippen molar-refractivity contribution in [2.75, 3.05) is 0 Å². The minimum Gasteiger partial charge on any atom is -0.0616 e. The van der Waals surface area contributed by atoms with E-state index in [0.29, 0.717) is 5.92 Å². The van der Waals surface area contributed by atoms with Crippen LogP contribution in [0, 0.1) is 0 Å². The largest absolute Gasteiger partial charge is 0.0616 e. The highest BCUT2D eigenvalue weighted by atomic mass is 14.1. The van der Waals surface area contributed by atoms with Crippen molar-refractivity contribution in [3.05, 3.63) is 120 Å². The topological polar surface area (TPSA) is 0 Å². The predicted molar refractivity (Wildman–Crippen MR) is 130 cm³/mol. The second kappa shape index (κ2) is 6.71. The standard InChI is InChI=1S/C30H22/c1-20(21-10-12-27-16-23-6-2-4-8-25(23)18-29(27)14-21)22-11-13-28-17-24-7-3-5-9-26(24)19-30(28)15-22/h2-20H,1H3. The summed E-state index contributed by atoms with van der Waals surface area (Å²) in [5.74, 6) is 0.344. The smallest absolute Gasteiger partial charge is 0.00614 e. The number of fused-ring (bicyclic) bond motifs is 4. The van der Waals surface area contributed by atoms with Crippen molar-refractivity contribution in [1.82, 2.24) is 0 Å². The van der Waals surface area contributed by atoms with Crippen LogP contribution < -0.4 is 0 Å². The van der Waals surface area contributed by atoms with Crippen LogP contribution >= 0.6 is 0 Å². The maximum atomic E-state index is 2.36. The normalized spacial score (nSPS) is 11.8. The molecule has 0 nitrogen and oxygen atoms in total. The molecule has 0 aliphatic rings. The molecule has 0 heterocycles. The first kappa shape index (κ1) is 17.2. The van der Waals surface area contributed by atoms with Gasteiger partial charge >= 0.3 is 0 Å². The second-order valence-corrected chi connectivity index (χ2v) is 8.33. The van der Waals surface area contributed by atoms with E-state index in [1.165, 1.54) is 54.2 Å². The van der Waals surface area contributed by atoms with E-state index in [2.05, 4.69) is 116 Å². The Hall–Kier alpha value is -3.64. The molecule has 0 spiro atoms. The summed E-state index contributed by atoms with van der Waals surface area (Å²) in [7, 11) is 0. The first-order valence-electron chi connectivity index (χ1n) is 10.6. The molecule has 6 aromatic rings. The van der Waals surface area contributed by atoms with Gasteiger partial charge in [-0.2, -0.15) is 0 Å². The van der Waals surface area contributed by atoms with Crippen molar-refractivity contribution in [2.45, 2.75) is 12.8 Å². The first-order valence-corrected chi connectivity index (χ1v) is 10.6. The molecule has 0 aliphatic heterocycles. The highest BCUT2D eigenvalue weighted by molar-refractivity contribution is 5.99. The number of hydrogen-bond donors (Lipinski definition) is 0. The molecule has 0 amide bonds. The van der Waals surface area contributed by atoms with Gasteiger partial charge in [0.15, 0.2) is 0 Å². The zero-order valence-electron chi connectivity index (χ0n) is 17.0. The molecule has 0 saturated carbocycles. The minimum absolute atomic E-state index is 0.344. The van der Waals surface area contributed by atoms with Crippen LogP contribution in [0.3, 0.4) is 0 Å². The van der Waals surface area contributed by atoms with Crippen LogP contribution in [0.1, 0.15) is 24.0 Å². The van der Waals surface area contributed by atoms with Crippen molar-refractivity contribution in [3.63, 3.8) is 0 Å². The lowest BCUT2D eigenvalue weighted by Gasteiger charge is -2.15. The molecule has 0 heteroatoms. The summed E-state index contributed by atoms with van der Waals surface area (Å²) >= 11 is 0. The van der Waals surface area contributed by atoms with Gasteiger partial charge in [0.25, 0.3) is 0 Å². The van der Waals surface area contributed by atoms with Gasteiger partial charge in [0.2, 0.25) is 0 Å². The molecule has 0 bridgehead atoms. The molecular weight excluding hydrogens is 360 g/mol. The Labute approximate surface area is 176 Å². The van der Waals surface area contributed by atoms with E-state index in [0.717, 1.165) is 0 Å². The SMILES string of the molecule is CC(c1ccc2cc3ccccc3cc2c1)c1ccc2cc3ccccc3cc2c1. The van der Waals surface area contributed by atoms with Gasteiger partial charge < -0.3 is 0 Å². The Bertz CT molecular complexity index is 1440. The summed E-state index contributed by atoms with van der Waals surface area (Å²) in [5, 5.41) is 10.4. The van der Waals surface area contributed by atoms with Gasteiger partial charge in [0.05, 0.1) is 0 Å². The molecule has 6 rings (SSSR count). The molecular formula is C30H22. The van der Waals surface area contributed by atoms with E-state index < -0.39 is 0 Å². The van der Waals surface area contributed by atoms with E-state index in [9.17, 15) is 0 Å². The lowest BCUT2D eigenvalue weighted by molar-refractivity contribution is 0.927. The van der Waals surface area contributed by atoms with Crippen molar-refractivity contribution < 1.29 is 0 Å². The monoisotopic (exact) mass is 382 g/mol. The molecule has 0 saturated heterocycles. The van der Waals surface area contributed by atoms with Gasteiger partial charge in [-0.1, -0.05) is 91.9 Å². The van der Waals surface area contributed by atoms with Gasteiger partial charge in [-0.3, -0.25) is 0 Å². The second-order valence-electron chi connectivity index (χ2n) is 8.33. The summed E-state index contributed by atoms with van der Waals surface area (Å²) in [6.07, 6.45) is 0. The van der Waals surface area contributed by atoms with Crippen LogP contribution in [-0.2, 0) is 0 Å². The van der Waals surface area contributed by atoms with Crippen molar-refractivity contribution in [1.29, 1.82) is 0 Å². The van der Waals surface area contributed by atoms with E-state index >= 15 is 0 Å². The Morgan fingerprint density at radius 1 is 0.367 bits per heavy atom. The van der Waals surface area contributed by atoms with Gasteiger partial charge in [0.1, 0.15) is 0 Å². The average Bonchev–Trinajstić information content (AvgIpc) is 2.80. The van der Waals surface area contributed by atoms with Crippen LogP contribution in [0.15, 0.2) is 109 Å². The molecule has 142 valence electrons. The molecule has 0 N–H and O–H groups in total. The quantitative estimate of drug-likeness (QED) is 0.263. The number of hydrogen-bond acceptors (Lipinski definition) is 0. The van der Waals surface area contributed by atoms with Gasteiger partial charge in [0, 0.05) is 5.92 Å². The van der Waals surface area contributed by atoms with Crippen LogP contribution in [0.4, 0.5) is 0 Å². The Balaban J connectivity index is 1.44. The van der Waals surface area contributed by atoms with Crippen LogP contribution in [0.5, 0.6) is 0 Å². The maximum Gasteiger partial charge on any atom is 0.00614 e. The first-order chi connectivity index (χ1) is 14.7. The number of benzene rings is 6. The van der Waals surface area contributed by atoms with Crippen molar-refractivity contribution in [3.8, 4) is 0 Å². The van der Waals surface area contributed by atoms with E-state index in [4.69, 9.17) is 0 Å². The third-order valence-corrected chi connectivity index (χ3v) is 6.46. The van der Waals surface area contributed by atoms with E-state index in [1.54, 1.807) is 0 Å². The fourth-order valence-electron chi connectivity index (χ4n) is 4.65. The molecule has 0 aliphatic carbocycles. The maximum absolute atomic E-state index is 2.36. The highest BCUT2D eigenvalue weighted by Gasteiger charge is 2.11. The van der Waals surface area contributed by atoms with Gasteiger partial charge in [-0.25, -0.2) is 0 Å². The Kier molecular flexibility index (Phi) is 3.86. The summed E-state index contributed by atoms with van der Waals surface area (Å²) in [5.41, 5.74) is 2.72. The van der Waals surface area contributed by atoms with Crippen LogP contribution in [0.2, 0.25) is 0 Å². The molecule has 0 unspecified atom stereocenters. The lowest BCUT2D eigenvalue weighted by Crippen LogP contribution is -1.96. The molecule has 0 aromatic heterocycles. The predicted octanol–water partition coefficient (Wildman–Crippen LogP) is 8.45. The Morgan fingerprint density at radius 3 is 1.10 bits per heavy atom. The number of rotatable bonds is 2. The Morgan fingerprint density at radius 2 is 0.700 bits per heavy atom.